The van der Waals surface area contributed by atoms with Crippen molar-refractivity contribution in [2.75, 3.05) is 7.11 Å². The quantitative estimate of drug-likeness (QED) is 0.674. The Labute approximate surface area is 128 Å². The molecule has 0 N–H and O–H groups in total. The van der Waals surface area contributed by atoms with Crippen LogP contribution in [0.25, 0.3) is 10.9 Å². The van der Waals surface area contributed by atoms with Crippen LogP contribution in [0.3, 0.4) is 0 Å². The maximum absolute atomic E-state index is 10.9. The lowest BCUT2D eigenvalue weighted by atomic mass is 10.1. The molecule has 3 rings (SSSR count). The van der Waals surface area contributed by atoms with Gasteiger partial charge in [-0.05, 0) is 30.3 Å². The van der Waals surface area contributed by atoms with Crippen molar-refractivity contribution in [2.24, 2.45) is 0 Å². The molecule has 1 heterocycles. The van der Waals surface area contributed by atoms with Gasteiger partial charge in [-0.1, -0.05) is 18.2 Å². The minimum absolute atomic E-state index is 0.306. The van der Waals surface area contributed by atoms with Gasteiger partial charge in [0.15, 0.2) is 0 Å². The number of pyridine rings is 1. The Morgan fingerprint density at radius 2 is 1.95 bits per heavy atom. The zero-order chi connectivity index (χ0) is 15.4. The number of carbonyl (C=O) groups is 1. The normalized spacial score (nSPS) is 10.4. The molecule has 110 valence electrons. The first-order chi connectivity index (χ1) is 10.8. The fourth-order valence-corrected chi connectivity index (χ4v) is 2.33. The summed E-state index contributed by atoms with van der Waals surface area (Å²) in [5.74, 6) is 1.40. The van der Waals surface area contributed by atoms with Crippen molar-refractivity contribution in [2.45, 2.75) is 6.61 Å². The zero-order valence-electron chi connectivity index (χ0n) is 12.2. The summed E-state index contributed by atoms with van der Waals surface area (Å²) in [7, 11) is 1.60. The number of benzene rings is 2. The molecule has 0 spiro atoms. The molecule has 0 amide bonds. The lowest BCUT2D eigenvalue weighted by Gasteiger charge is -2.12. The van der Waals surface area contributed by atoms with E-state index in [1.807, 2.05) is 30.3 Å². The smallest absolute Gasteiger partial charge is 0.150 e. The van der Waals surface area contributed by atoms with Crippen LogP contribution < -0.4 is 9.47 Å². The van der Waals surface area contributed by atoms with Crippen LogP contribution in [-0.2, 0) is 6.61 Å². The Hall–Kier alpha value is -2.88. The topological polar surface area (TPSA) is 48.4 Å². The Bertz CT molecular complexity index is 809. The van der Waals surface area contributed by atoms with E-state index in [1.54, 1.807) is 31.5 Å². The van der Waals surface area contributed by atoms with Gasteiger partial charge in [0.25, 0.3) is 0 Å². The molecule has 0 bridgehead atoms. The van der Waals surface area contributed by atoms with Crippen LogP contribution >= 0.6 is 0 Å². The van der Waals surface area contributed by atoms with Gasteiger partial charge < -0.3 is 9.47 Å². The SMILES string of the molecule is COc1ccc(C=O)cc1COc1cccc2cccnc12. The van der Waals surface area contributed by atoms with Crippen LogP contribution in [0.1, 0.15) is 15.9 Å². The van der Waals surface area contributed by atoms with Crippen molar-refractivity contribution < 1.29 is 14.3 Å². The fourth-order valence-electron chi connectivity index (χ4n) is 2.33. The molecular formula is C18H15NO3. The predicted molar refractivity (Wildman–Crippen MR) is 84.5 cm³/mol. The number of carbonyl (C=O) groups excluding carboxylic acids is 1. The molecule has 0 radical (unpaired) electrons. The molecule has 4 heteroatoms. The van der Waals surface area contributed by atoms with Gasteiger partial charge in [-0.25, -0.2) is 0 Å². The second-order valence-corrected chi connectivity index (χ2v) is 4.81. The molecule has 0 aliphatic carbocycles. The van der Waals surface area contributed by atoms with Crippen molar-refractivity contribution in [1.82, 2.24) is 4.98 Å². The summed E-state index contributed by atoms with van der Waals surface area (Å²) in [6.07, 6.45) is 2.55. The summed E-state index contributed by atoms with van der Waals surface area (Å²) in [5.41, 5.74) is 2.23. The summed E-state index contributed by atoms with van der Waals surface area (Å²) < 4.78 is 11.2. The first-order valence-electron chi connectivity index (χ1n) is 6.90. The molecule has 0 saturated carbocycles. The molecule has 0 atom stereocenters. The highest BCUT2D eigenvalue weighted by molar-refractivity contribution is 5.84. The fraction of sp³-hybridized carbons (Fsp3) is 0.111. The van der Waals surface area contributed by atoms with E-state index < -0.39 is 0 Å². The first kappa shape index (κ1) is 14.1. The first-order valence-corrected chi connectivity index (χ1v) is 6.90. The van der Waals surface area contributed by atoms with Crippen LogP contribution in [0.4, 0.5) is 0 Å². The van der Waals surface area contributed by atoms with E-state index in [-0.39, 0.29) is 0 Å². The second-order valence-electron chi connectivity index (χ2n) is 4.81. The van der Waals surface area contributed by atoms with Gasteiger partial charge in [0.05, 0.1) is 7.11 Å². The van der Waals surface area contributed by atoms with E-state index in [1.165, 1.54) is 0 Å². The number of fused-ring (bicyclic) bond motifs is 1. The van der Waals surface area contributed by atoms with Crippen molar-refractivity contribution in [1.29, 1.82) is 0 Å². The highest BCUT2D eigenvalue weighted by atomic mass is 16.5. The van der Waals surface area contributed by atoms with Gasteiger partial charge in [0.2, 0.25) is 0 Å². The molecule has 0 fully saturated rings. The number of nitrogens with zero attached hydrogens (tertiary/aromatic N) is 1. The van der Waals surface area contributed by atoms with Gasteiger partial charge >= 0.3 is 0 Å². The van der Waals surface area contributed by atoms with E-state index in [2.05, 4.69) is 4.98 Å². The molecule has 0 saturated heterocycles. The Morgan fingerprint density at radius 3 is 2.77 bits per heavy atom. The number of para-hydroxylation sites is 1. The van der Waals surface area contributed by atoms with Gasteiger partial charge in [0, 0.05) is 22.7 Å². The van der Waals surface area contributed by atoms with Gasteiger partial charge in [0.1, 0.15) is 29.9 Å². The number of hydrogen-bond donors (Lipinski definition) is 0. The third-order valence-corrected chi connectivity index (χ3v) is 3.42. The van der Waals surface area contributed by atoms with Crippen molar-refractivity contribution in [3.8, 4) is 11.5 Å². The Morgan fingerprint density at radius 1 is 1.09 bits per heavy atom. The predicted octanol–water partition coefficient (Wildman–Crippen LogP) is 3.63. The molecule has 0 aliphatic heterocycles. The molecule has 0 aliphatic rings. The molecule has 0 unspecified atom stereocenters. The van der Waals surface area contributed by atoms with Crippen LogP contribution in [0, 0.1) is 0 Å². The number of methoxy groups -OCH3 is 1. The average Bonchev–Trinajstić information content (AvgIpc) is 2.59. The lowest BCUT2D eigenvalue weighted by molar-refractivity contribution is 0.112. The lowest BCUT2D eigenvalue weighted by Crippen LogP contribution is -2.00. The summed E-state index contributed by atoms with van der Waals surface area (Å²) in [4.78, 5) is 15.3. The summed E-state index contributed by atoms with van der Waals surface area (Å²) in [5, 5.41) is 1.02. The third kappa shape index (κ3) is 2.76. The van der Waals surface area contributed by atoms with E-state index >= 15 is 0 Å². The van der Waals surface area contributed by atoms with E-state index in [0.29, 0.717) is 23.7 Å². The van der Waals surface area contributed by atoms with Crippen LogP contribution in [0.15, 0.2) is 54.7 Å². The maximum atomic E-state index is 10.9. The van der Waals surface area contributed by atoms with Crippen LogP contribution in [0.2, 0.25) is 0 Å². The highest BCUT2D eigenvalue weighted by Crippen LogP contribution is 2.26. The van der Waals surface area contributed by atoms with Gasteiger partial charge in [-0.15, -0.1) is 0 Å². The molecule has 22 heavy (non-hydrogen) atoms. The Balaban J connectivity index is 1.89. The number of hydrogen-bond acceptors (Lipinski definition) is 4. The van der Waals surface area contributed by atoms with Crippen molar-refractivity contribution >= 4 is 17.2 Å². The third-order valence-electron chi connectivity index (χ3n) is 3.42. The summed E-state index contributed by atoms with van der Waals surface area (Å²) >= 11 is 0. The second kappa shape index (κ2) is 6.26. The summed E-state index contributed by atoms with van der Waals surface area (Å²) in [6, 6.07) is 14.9. The van der Waals surface area contributed by atoms with E-state index in [4.69, 9.17) is 9.47 Å². The molecule has 2 aromatic carbocycles. The zero-order valence-corrected chi connectivity index (χ0v) is 12.2. The maximum Gasteiger partial charge on any atom is 0.150 e. The Kier molecular flexibility index (Phi) is 4.01. The standard InChI is InChI=1S/C18H15NO3/c1-21-16-8-7-13(11-20)10-15(16)12-22-17-6-2-4-14-5-3-9-19-18(14)17/h2-11H,12H2,1H3. The summed E-state index contributed by atoms with van der Waals surface area (Å²) in [6.45, 7) is 0.306. The van der Waals surface area contributed by atoms with E-state index in [9.17, 15) is 4.79 Å². The van der Waals surface area contributed by atoms with Crippen molar-refractivity contribution in [3.05, 3.63) is 65.9 Å². The average molecular weight is 293 g/mol. The minimum atomic E-state index is 0.306. The van der Waals surface area contributed by atoms with Crippen molar-refractivity contribution in [3.63, 3.8) is 0 Å². The monoisotopic (exact) mass is 293 g/mol. The van der Waals surface area contributed by atoms with E-state index in [0.717, 1.165) is 22.8 Å². The number of rotatable bonds is 5. The highest BCUT2D eigenvalue weighted by Gasteiger charge is 2.08. The molecule has 4 nitrogen and oxygen atoms in total. The largest absolute Gasteiger partial charge is 0.496 e. The van der Waals surface area contributed by atoms with Crippen LogP contribution in [0.5, 0.6) is 11.5 Å². The number of aromatic nitrogens is 1. The molecule has 1 aromatic heterocycles. The minimum Gasteiger partial charge on any atom is -0.496 e. The molecule has 3 aromatic rings. The van der Waals surface area contributed by atoms with Gasteiger partial charge in [-0.2, -0.15) is 0 Å². The number of aldehydes is 1. The molecular weight excluding hydrogens is 278 g/mol. The number of ether oxygens (including phenoxy) is 2. The van der Waals surface area contributed by atoms with Crippen LogP contribution in [-0.4, -0.2) is 18.4 Å². The van der Waals surface area contributed by atoms with Gasteiger partial charge in [-0.3, -0.25) is 9.78 Å².